The Morgan fingerprint density at radius 2 is 2.18 bits per heavy atom. The molecular weight excluding hydrogens is 152 g/mol. The Bertz CT molecular complexity index is 130. The summed E-state index contributed by atoms with van der Waals surface area (Å²) >= 11 is 0. The Morgan fingerprint density at radius 1 is 1.45 bits per heavy atom. The fourth-order valence-electron chi connectivity index (χ4n) is 1.30. The molecule has 0 bridgehead atoms. The molecule has 1 saturated heterocycles. The quantitative estimate of drug-likeness (QED) is 0.596. The van der Waals surface area contributed by atoms with Crippen LogP contribution in [0.4, 0.5) is 8.78 Å². The zero-order chi connectivity index (χ0) is 8.32. The lowest BCUT2D eigenvalue weighted by atomic mass is 9.97. The number of aliphatic hydroxyl groups is 1. The molecule has 1 fully saturated rings. The Morgan fingerprint density at radius 3 is 2.82 bits per heavy atom. The lowest BCUT2D eigenvalue weighted by molar-refractivity contribution is -0.0772. The number of aliphatic hydroxyl groups excluding tert-OH is 1. The van der Waals surface area contributed by atoms with Crippen LogP contribution in [0.5, 0.6) is 0 Å². The van der Waals surface area contributed by atoms with Crippen LogP contribution in [-0.4, -0.2) is 30.7 Å². The minimum absolute atomic E-state index is 0.155. The second-order valence-corrected chi connectivity index (χ2v) is 2.93. The van der Waals surface area contributed by atoms with Crippen molar-refractivity contribution in [2.45, 2.75) is 18.8 Å². The molecule has 0 aromatic carbocycles. The standard InChI is InChI=1S/C7H13F2NO/c8-7(9)2-4-10-3-1-6(7)5-11/h6,10-11H,1-5H2. The topological polar surface area (TPSA) is 32.3 Å². The summed E-state index contributed by atoms with van der Waals surface area (Å²) in [5.74, 6) is -3.53. The lowest BCUT2D eigenvalue weighted by Gasteiger charge is -2.21. The van der Waals surface area contributed by atoms with Crippen LogP contribution in [0, 0.1) is 5.92 Å². The van der Waals surface area contributed by atoms with Gasteiger partial charge in [-0.05, 0) is 13.0 Å². The number of rotatable bonds is 1. The molecule has 0 aromatic heterocycles. The maximum absolute atomic E-state index is 12.9. The van der Waals surface area contributed by atoms with Gasteiger partial charge < -0.3 is 10.4 Å². The molecule has 2 nitrogen and oxygen atoms in total. The summed E-state index contributed by atoms with van der Waals surface area (Å²) in [4.78, 5) is 0. The molecule has 1 rings (SSSR count). The second-order valence-electron chi connectivity index (χ2n) is 2.93. The van der Waals surface area contributed by atoms with E-state index in [4.69, 9.17) is 5.11 Å². The van der Waals surface area contributed by atoms with Crippen LogP contribution in [0.1, 0.15) is 12.8 Å². The molecule has 0 saturated carbocycles. The van der Waals surface area contributed by atoms with Gasteiger partial charge in [0.25, 0.3) is 5.92 Å². The monoisotopic (exact) mass is 165 g/mol. The molecule has 4 heteroatoms. The molecule has 1 aliphatic rings. The zero-order valence-corrected chi connectivity index (χ0v) is 6.32. The highest BCUT2D eigenvalue weighted by atomic mass is 19.3. The summed E-state index contributed by atoms with van der Waals surface area (Å²) in [5, 5.41) is 11.5. The smallest absolute Gasteiger partial charge is 0.254 e. The number of hydrogen-bond donors (Lipinski definition) is 2. The average Bonchev–Trinajstić information content (AvgIpc) is 2.10. The molecule has 1 unspecified atom stereocenters. The van der Waals surface area contributed by atoms with Crippen molar-refractivity contribution >= 4 is 0 Å². The van der Waals surface area contributed by atoms with Crippen molar-refractivity contribution < 1.29 is 13.9 Å². The van der Waals surface area contributed by atoms with Gasteiger partial charge in [-0.3, -0.25) is 0 Å². The molecule has 1 atom stereocenters. The summed E-state index contributed by atoms with van der Waals surface area (Å²) in [7, 11) is 0. The fourth-order valence-corrected chi connectivity index (χ4v) is 1.30. The molecule has 1 heterocycles. The highest BCUT2D eigenvalue weighted by Crippen LogP contribution is 2.31. The van der Waals surface area contributed by atoms with Crippen LogP contribution >= 0.6 is 0 Å². The van der Waals surface area contributed by atoms with Gasteiger partial charge in [-0.25, -0.2) is 8.78 Å². The van der Waals surface area contributed by atoms with E-state index in [-0.39, 0.29) is 6.42 Å². The number of hydrogen-bond acceptors (Lipinski definition) is 2. The maximum atomic E-state index is 12.9. The van der Waals surface area contributed by atoms with Crippen molar-refractivity contribution in [3.05, 3.63) is 0 Å². The van der Waals surface area contributed by atoms with E-state index in [1.807, 2.05) is 0 Å². The molecule has 0 aliphatic carbocycles. The molecule has 0 radical (unpaired) electrons. The summed E-state index contributed by atoms with van der Waals surface area (Å²) in [6.07, 6.45) is 0.210. The van der Waals surface area contributed by atoms with E-state index >= 15 is 0 Å². The van der Waals surface area contributed by atoms with Crippen LogP contribution in [0.15, 0.2) is 0 Å². The van der Waals surface area contributed by atoms with Gasteiger partial charge in [0, 0.05) is 18.9 Å². The normalized spacial score (nSPS) is 31.4. The van der Waals surface area contributed by atoms with E-state index < -0.39 is 18.4 Å². The summed E-state index contributed by atoms with van der Waals surface area (Å²) in [6, 6.07) is 0. The van der Waals surface area contributed by atoms with Crippen LogP contribution in [0.2, 0.25) is 0 Å². The van der Waals surface area contributed by atoms with Gasteiger partial charge in [-0.2, -0.15) is 0 Å². The van der Waals surface area contributed by atoms with Crippen molar-refractivity contribution in [3.63, 3.8) is 0 Å². The molecule has 1 aliphatic heterocycles. The molecule has 0 amide bonds. The molecule has 0 spiro atoms. The van der Waals surface area contributed by atoms with E-state index in [1.165, 1.54) is 0 Å². The van der Waals surface area contributed by atoms with Crippen molar-refractivity contribution in [2.75, 3.05) is 19.7 Å². The van der Waals surface area contributed by atoms with Gasteiger partial charge in [-0.15, -0.1) is 0 Å². The first kappa shape index (κ1) is 8.87. The van der Waals surface area contributed by atoms with Crippen LogP contribution in [0.3, 0.4) is 0 Å². The zero-order valence-electron chi connectivity index (χ0n) is 6.32. The van der Waals surface area contributed by atoms with Crippen molar-refractivity contribution in [1.82, 2.24) is 5.32 Å². The van der Waals surface area contributed by atoms with Gasteiger partial charge >= 0.3 is 0 Å². The number of halogens is 2. The van der Waals surface area contributed by atoms with Crippen molar-refractivity contribution in [3.8, 4) is 0 Å². The van der Waals surface area contributed by atoms with Crippen LogP contribution in [-0.2, 0) is 0 Å². The Labute approximate surface area is 64.6 Å². The third-order valence-electron chi connectivity index (χ3n) is 2.12. The molecule has 11 heavy (non-hydrogen) atoms. The third-order valence-corrected chi connectivity index (χ3v) is 2.12. The molecule has 2 N–H and O–H groups in total. The second kappa shape index (κ2) is 3.45. The first-order valence-corrected chi connectivity index (χ1v) is 3.86. The summed E-state index contributed by atoms with van der Waals surface area (Å²) in [5.41, 5.74) is 0. The summed E-state index contributed by atoms with van der Waals surface area (Å²) < 4.78 is 25.9. The van der Waals surface area contributed by atoms with E-state index in [0.717, 1.165) is 0 Å². The van der Waals surface area contributed by atoms with E-state index in [2.05, 4.69) is 5.32 Å². The van der Waals surface area contributed by atoms with E-state index in [0.29, 0.717) is 19.5 Å². The van der Waals surface area contributed by atoms with Gasteiger partial charge in [0.05, 0.1) is 6.61 Å². The highest BCUT2D eigenvalue weighted by Gasteiger charge is 2.39. The maximum Gasteiger partial charge on any atom is 0.254 e. The third kappa shape index (κ3) is 2.10. The molecule has 0 aromatic rings. The van der Waals surface area contributed by atoms with Gasteiger partial charge in [0.2, 0.25) is 0 Å². The predicted molar refractivity (Wildman–Crippen MR) is 37.6 cm³/mol. The molecular formula is C7H13F2NO. The van der Waals surface area contributed by atoms with Crippen LogP contribution in [0.25, 0.3) is 0 Å². The van der Waals surface area contributed by atoms with Crippen LogP contribution < -0.4 is 5.32 Å². The minimum atomic E-state index is -2.68. The Balaban J connectivity index is 2.56. The predicted octanol–water partition coefficient (Wildman–Crippen LogP) is 0.614. The summed E-state index contributed by atoms with van der Waals surface area (Å²) in [6.45, 7) is 0.527. The van der Waals surface area contributed by atoms with Crippen molar-refractivity contribution in [2.24, 2.45) is 5.92 Å². The van der Waals surface area contributed by atoms with Gasteiger partial charge in [0.1, 0.15) is 0 Å². The first-order valence-electron chi connectivity index (χ1n) is 3.86. The minimum Gasteiger partial charge on any atom is -0.396 e. The fraction of sp³-hybridized carbons (Fsp3) is 1.00. The lowest BCUT2D eigenvalue weighted by Crippen LogP contribution is -2.30. The van der Waals surface area contributed by atoms with Gasteiger partial charge in [0.15, 0.2) is 0 Å². The largest absolute Gasteiger partial charge is 0.396 e. The SMILES string of the molecule is OCC1CCNCCC1(F)F. The number of nitrogens with one attached hydrogen (secondary N) is 1. The van der Waals surface area contributed by atoms with Gasteiger partial charge in [-0.1, -0.05) is 0 Å². The number of alkyl halides is 2. The van der Waals surface area contributed by atoms with E-state index in [1.54, 1.807) is 0 Å². The Kier molecular flexibility index (Phi) is 2.78. The van der Waals surface area contributed by atoms with E-state index in [9.17, 15) is 8.78 Å². The Hall–Kier alpha value is -0.220. The first-order chi connectivity index (χ1) is 5.17. The highest BCUT2D eigenvalue weighted by molar-refractivity contribution is 4.81. The molecule has 66 valence electrons. The average molecular weight is 165 g/mol. The van der Waals surface area contributed by atoms with Crippen molar-refractivity contribution in [1.29, 1.82) is 0 Å².